The number of rotatable bonds is 6. The van der Waals surface area contributed by atoms with Crippen molar-refractivity contribution in [2.24, 2.45) is 23.7 Å². The Hall–Kier alpha value is 1.71. The molecule has 2 unspecified atom stereocenters. The second-order valence-electron chi connectivity index (χ2n) is 8.09. The van der Waals surface area contributed by atoms with E-state index in [9.17, 15) is 4.57 Å². The first-order valence-electron chi connectivity index (χ1n) is 9.60. The fraction of sp³-hybridized carbons (Fsp3) is 0.947. The second-order valence-corrected chi connectivity index (χ2v) is 9.70. The van der Waals surface area contributed by atoms with Gasteiger partial charge in [0.2, 0.25) is 0 Å². The van der Waals surface area contributed by atoms with E-state index in [1.165, 1.54) is 19.4 Å². The Morgan fingerprint density at radius 1 is 1.15 bits per heavy atom. The first kappa shape index (κ1) is 28.7. The molecule has 2 heterocycles. The van der Waals surface area contributed by atoms with Crippen LogP contribution in [0, 0.1) is 23.7 Å². The Morgan fingerprint density at radius 2 is 1.74 bits per heavy atom. The Bertz CT molecular complexity index is 455. The van der Waals surface area contributed by atoms with Gasteiger partial charge in [0, 0.05) is 50.8 Å². The van der Waals surface area contributed by atoms with Crippen molar-refractivity contribution in [1.29, 1.82) is 0 Å². The van der Waals surface area contributed by atoms with Gasteiger partial charge in [0.05, 0.1) is 6.10 Å². The Morgan fingerprint density at radius 3 is 2.19 bits per heavy atom. The van der Waals surface area contributed by atoms with Gasteiger partial charge < -0.3 is 4.74 Å². The smallest absolute Gasteiger partial charge is 0.155 e. The molecular formula is C19H34BO4PWY. The summed E-state index contributed by atoms with van der Waals surface area (Å²) in [4.78, 5) is 0. The van der Waals surface area contributed by atoms with E-state index in [4.69, 9.17) is 22.1 Å². The SMILES string of the molecule is CC(C)OC1[C@@H]([CH]=[W])O[C@@H](C)[C@H]1C.[B][C@@H]1O[C@H](C(C)C)C(CP=O)[C@@H]1C.[Y]. The van der Waals surface area contributed by atoms with Gasteiger partial charge in [0.15, 0.2) is 8.46 Å². The van der Waals surface area contributed by atoms with Crippen LogP contribution in [0.4, 0.5) is 0 Å². The third-order valence-corrected chi connectivity index (χ3v) is 6.92. The van der Waals surface area contributed by atoms with Crippen LogP contribution >= 0.6 is 8.46 Å². The minimum Gasteiger partial charge on any atom is -0.384 e. The van der Waals surface area contributed by atoms with Crippen molar-refractivity contribution in [3.63, 3.8) is 0 Å². The molecule has 0 aromatic rings. The van der Waals surface area contributed by atoms with Crippen LogP contribution in [0.2, 0.25) is 0 Å². The van der Waals surface area contributed by atoms with Crippen molar-refractivity contribution >= 4 is 20.7 Å². The molecule has 2 saturated heterocycles. The van der Waals surface area contributed by atoms with Crippen LogP contribution in [0.3, 0.4) is 0 Å². The number of hydrogen-bond acceptors (Lipinski definition) is 4. The van der Waals surface area contributed by atoms with Crippen LogP contribution in [-0.2, 0) is 70.8 Å². The quantitative estimate of drug-likeness (QED) is 0.329. The van der Waals surface area contributed by atoms with E-state index in [2.05, 4.69) is 52.9 Å². The molecule has 0 amide bonds. The molecule has 151 valence electrons. The summed E-state index contributed by atoms with van der Waals surface area (Å²) in [6.07, 6.45) is 1.92. The molecule has 3 radical (unpaired) electrons. The fourth-order valence-electron chi connectivity index (χ4n) is 3.60. The molecule has 0 aromatic heterocycles. The molecule has 8 atom stereocenters. The zero-order valence-electron chi connectivity index (χ0n) is 17.7. The van der Waals surface area contributed by atoms with Crippen molar-refractivity contribution in [3.8, 4) is 0 Å². The standard InChI is InChI=1S/C10H18O2.C9H16BO2P.W.Y/c1-6(2)11-10-7(3)8(4)12-9(10)5;1-5(2)8-7(4-13-11)6(3)9(10)12-8;;/h5-10H,1-4H3;5-9H,4H2,1-3H3;;/t7-,8+,9-,10?;6-,7?,8+,9+;;/m10../s1. The zero-order chi connectivity index (χ0) is 20.0. The van der Waals surface area contributed by atoms with Crippen LogP contribution in [0.1, 0.15) is 48.5 Å². The Labute approximate surface area is 204 Å². The summed E-state index contributed by atoms with van der Waals surface area (Å²) in [5, 5.41) is 0. The molecule has 0 N–H and O–H groups in total. The van der Waals surface area contributed by atoms with Gasteiger partial charge in [-0.05, 0) is 11.8 Å². The fourth-order valence-corrected chi connectivity index (χ4v) is 5.10. The van der Waals surface area contributed by atoms with Gasteiger partial charge in [0.25, 0.3) is 0 Å². The predicted molar refractivity (Wildman–Crippen MR) is 104 cm³/mol. The Balaban J connectivity index is 0.000000483. The molecule has 27 heavy (non-hydrogen) atoms. The van der Waals surface area contributed by atoms with Gasteiger partial charge in [-0.25, -0.2) is 0 Å². The third kappa shape index (κ3) is 8.39. The molecule has 8 heteroatoms. The maximum absolute atomic E-state index is 10.6. The molecule has 2 aliphatic rings. The van der Waals surface area contributed by atoms with Gasteiger partial charge in [-0.1, -0.05) is 20.8 Å². The van der Waals surface area contributed by atoms with Gasteiger partial charge in [-0.2, -0.15) is 0 Å². The molecule has 2 aliphatic heterocycles. The maximum atomic E-state index is 10.6. The molecule has 0 aliphatic carbocycles. The van der Waals surface area contributed by atoms with E-state index in [0.29, 0.717) is 42.0 Å². The largest absolute Gasteiger partial charge is 0.384 e. The third-order valence-electron chi connectivity index (χ3n) is 5.39. The molecule has 2 rings (SSSR count). The van der Waals surface area contributed by atoms with Crippen LogP contribution in [-0.4, -0.2) is 54.9 Å². The average Bonchev–Trinajstić information content (AvgIpc) is 3.00. The van der Waals surface area contributed by atoms with Crippen molar-refractivity contribution < 1.29 is 70.8 Å². The van der Waals surface area contributed by atoms with E-state index in [1.54, 1.807) is 0 Å². The van der Waals surface area contributed by atoms with E-state index in [0.717, 1.165) is 0 Å². The first-order chi connectivity index (χ1) is 12.1. The topological polar surface area (TPSA) is 44.8 Å². The summed E-state index contributed by atoms with van der Waals surface area (Å²) in [7, 11) is 6.00. The second kappa shape index (κ2) is 13.9. The normalized spacial score (nSPS) is 38.6. The van der Waals surface area contributed by atoms with Gasteiger partial charge in [0.1, 0.15) is 7.85 Å². The maximum Gasteiger partial charge on any atom is 0.155 e. The summed E-state index contributed by atoms with van der Waals surface area (Å²) in [5.74, 6) is 1.61. The van der Waals surface area contributed by atoms with Crippen molar-refractivity contribution in [1.82, 2.24) is 0 Å². The van der Waals surface area contributed by atoms with Crippen LogP contribution < -0.4 is 0 Å². The predicted octanol–water partition coefficient (Wildman–Crippen LogP) is 3.63. The van der Waals surface area contributed by atoms with Crippen LogP contribution in [0.25, 0.3) is 0 Å². The van der Waals surface area contributed by atoms with E-state index < -0.39 is 0 Å². The molecule has 0 bridgehead atoms. The summed E-state index contributed by atoms with van der Waals surface area (Å²) in [6.45, 7) is 14.8. The summed E-state index contributed by atoms with van der Waals surface area (Å²) >= 11 is 1.46. The van der Waals surface area contributed by atoms with Gasteiger partial charge in [-0.3, -0.25) is 4.57 Å². The summed E-state index contributed by atoms with van der Waals surface area (Å²) < 4.78 is 30.0. The van der Waals surface area contributed by atoms with Crippen LogP contribution in [0.15, 0.2) is 0 Å². The van der Waals surface area contributed by atoms with Gasteiger partial charge in [-0.15, -0.1) is 0 Å². The van der Waals surface area contributed by atoms with Crippen molar-refractivity contribution in [3.05, 3.63) is 0 Å². The Kier molecular flexibility index (Phi) is 14.8. The molecule has 0 spiro atoms. The van der Waals surface area contributed by atoms with E-state index >= 15 is 0 Å². The van der Waals surface area contributed by atoms with E-state index in [-0.39, 0.29) is 65.5 Å². The zero-order valence-corrected chi connectivity index (χ0v) is 24.4. The average molecular weight is 641 g/mol. The summed E-state index contributed by atoms with van der Waals surface area (Å²) in [5.41, 5.74) is 0. The van der Waals surface area contributed by atoms with E-state index in [1.807, 2.05) is 0 Å². The molecule has 4 nitrogen and oxygen atoms in total. The minimum atomic E-state index is -0.181. The van der Waals surface area contributed by atoms with Crippen molar-refractivity contribution in [2.75, 3.05) is 6.16 Å². The summed E-state index contributed by atoms with van der Waals surface area (Å²) in [6, 6.07) is -0.181. The van der Waals surface area contributed by atoms with Crippen LogP contribution in [0.5, 0.6) is 0 Å². The molecular weight excluding hydrogens is 607 g/mol. The van der Waals surface area contributed by atoms with Gasteiger partial charge >= 0.3 is 91.3 Å². The first-order valence-corrected chi connectivity index (χ1v) is 12.3. The molecule has 2 fully saturated rings. The monoisotopic (exact) mass is 641 g/mol. The number of ether oxygens (including phenoxy) is 3. The molecule has 0 saturated carbocycles. The van der Waals surface area contributed by atoms with Crippen molar-refractivity contribution in [2.45, 2.75) is 85.0 Å². The molecule has 0 aromatic carbocycles. The number of hydrogen-bond donors (Lipinski definition) is 0. The minimum absolute atomic E-state index is 0.